The van der Waals surface area contributed by atoms with E-state index in [2.05, 4.69) is 34.5 Å². The molecule has 3 amide bonds. The van der Waals surface area contributed by atoms with Gasteiger partial charge in [0.25, 0.3) is 0 Å². The van der Waals surface area contributed by atoms with Crippen LogP contribution in [0.5, 0.6) is 0 Å². The highest BCUT2D eigenvalue weighted by molar-refractivity contribution is 5.75. The Morgan fingerprint density at radius 1 is 1.07 bits per heavy atom. The molecule has 2 aliphatic rings. The number of benzene rings is 1. The van der Waals surface area contributed by atoms with Gasteiger partial charge in [-0.15, -0.1) is 0 Å². The first-order valence-corrected chi connectivity index (χ1v) is 9.87. The molecular formula is C21H30N4O2. The molecule has 3 rings (SSSR count). The Morgan fingerprint density at radius 2 is 1.81 bits per heavy atom. The Labute approximate surface area is 161 Å². The number of nitrogens with one attached hydrogen (secondary N) is 1. The van der Waals surface area contributed by atoms with Crippen LogP contribution in [0.2, 0.25) is 0 Å². The summed E-state index contributed by atoms with van der Waals surface area (Å²) in [6.07, 6.45) is 6.22. The zero-order valence-corrected chi connectivity index (χ0v) is 16.1. The van der Waals surface area contributed by atoms with Crippen LogP contribution in [0.15, 0.2) is 36.4 Å². The van der Waals surface area contributed by atoms with E-state index in [-0.39, 0.29) is 18.0 Å². The van der Waals surface area contributed by atoms with Gasteiger partial charge in [-0.05, 0) is 18.4 Å². The number of hydrogen-bond acceptors (Lipinski definition) is 3. The molecule has 2 saturated heterocycles. The first-order chi connectivity index (χ1) is 13.1. The van der Waals surface area contributed by atoms with Crippen molar-refractivity contribution in [3.05, 3.63) is 42.0 Å². The number of carbonyl (C=O) groups is 2. The molecule has 0 spiro atoms. The third-order valence-corrected chi connectivity index (χ3v) is 5.33. The molecule has 0 bridgehead atoms. The summed E-state index contributed by atoms with van der Waals surface area (Å²) in [7, 11) is 0. The molecule has 1 aromatic carbocycles. The van der Waals surface area contributed by atoms with Crippen LogP contribution >= 0.6 is 0 Å². The van der Waals surface area contributed by atoms with Crippen LogP contribution in [0.3, 0.4) is 0 Å². The largest absolute Gasteiger partial charge is 0.341 e. The van der Waals surface area contributed by atoms with Gasteiger partial charge in [0, 0.05) is 58.8 Å². The maximum atomic E-state index is 12.5. The van der Waals surface area contributed by atoms with Crippen LogP contribution in [0.1, 0.15) is 25.3 Å². The zero-order valence-electron chi connectivity index (χ0n) is 16.1. The minimum absolute atomic E-state index is 0.00452. The second-order valence-electron chi connectivity index (χ2n) is 7.35. The summed E-state index contributed by atoms with van der Waals surface area (Å²) in [6.45, 7) is 7.19. The molecule has 2 aliphatic heterocycles. The van der Waals surface area contributed by atoms with E-state index in [4.69, 9.17) is 0 Å². The lowest BCUT2D eigenvalue weighted by atomic mass is 10.1. The Balaban J connectivity index is 1.39. The topological polar surface area (TPSA) is 55.9 Å². The average Bonchev–Trinajstić information content (AvgIpc) is 2.69. The predicted octanol–water partition coefficient (Wildman–Crippen LogP) is 2.04. The number of piperidine rings is 1. The molecule has 6 nitrogen and oxygen atoms in total. The van der Waals surface area contributed by atoms with Crippen molar-refractivity contribution in [2.75, 3.05) is 45.8 Å². The van der Waals surface area contributed by atoms with E-state index in [1.54, 1.807) is 6.92 Å². The normalized spacial score (nSPS) is 21.4. The van der Waals surface area contributed by atoms with Gasteiger partial charge in [0.1, 0.15) is 0 Å². The first kappa shape index (κ1) is 19.4. The Bertz CT molecular complexity index is 653. The Hall–Kier alpha value is -2.34. The van der Waals surface area contributed by atoms with E-state index in [0.717, 1.165) is 52.1 Å². The predicted molar refractivity (Wildman–Crippen MR) is 107 cm³/mol. The summed E-state index contributed by atoms with van der Waals surface area (Å²) >= 11 is 0. The number of likely N-dealkylation sites (tertiary alicyclic amines) is 1. The molecule has 146 valence electrons. The quantitative estimate of drug-likeness (QED) is 0.882. The molecule has 1 unspecified atom stereocenters. The highest BCUT2D eigenvalue weighted by Crippen LogP contribution is 2.11. The minimum atomic E-state index is 0.00452. The Morgan fingerprint density at radius 3 is 2.52 bits per heavy atom. The van der Waals surface area contributed by atoms with E-state index in [0.29, 0.717) is 6.54 Å². The number of rotatable bonds is 4. The van der Waals surface area contributed by atoms with Gasteiger partial charge < -0.3 is 15.1 Å². The molecule has 0 aliphatic carbocycles. The van der Waals surface area contributed by atoms with Crippen molar-refractivity contribution in [1.29, 1.82) is 0 Å². The molecule has 2 fully saturated rings. The van der Waals surface area contributed by atoms with Crippen LogP contribution < -0.4 is 5.32 Å². The second kappa shape index (κ2) is 9.55. The van der Waals surface area contributed by atoms with Crippen LogP contribution in [0.4, 0.5) is 4.79 Å². The molecule has 1 N–H and O–H groups in total. The summed E-state index contributed by atoms with van der Waals surface area (Å²) in [5, 5.41) is 3.11. The fourth-order valence-electron chi connectivity index (χ4n) is 3.68. The summed E-state index contributed by atoms with van der Waals surface area (Å²) in [6, 6.07) is 10.4. The second-order valence-corrected chi connectivity index (χ2v) is 7.35. The van der Waals surface area contributed by atoms with Gasteiger partial charge in [-0.2, -0.15) is 0 Å². The smallest absolute Gasteiger partial charge is 0.317 e. The minimum Gasteiger partial charge on any atom is -0.341 e. The number of carbonyl (C=O) groups excluding carboxylic acids is 2. The first-order valence-electron chi connectivity index (χ1n) is 9.87. The lowest BCUT2D eigenvalue weighted by molar-refractivity contribution is -0.130. The highest BCUT2D eigenvalue weighted by Gasteiger charge is 2.26. The summed E-state index contributed by atoms with van der Waals surface area (Å²) in [5.41, 5.74) is 1.21. The summed E-state index contributed by atoms with van der Waals surface area (Å²) in [4.78, 5) is 30.1. The number of amides is 3. The van der Waals surface area contributed by atoms with Crippen molar-refractivity contribution in [1.82, 2.24) is 20.0 Å². The van der Waals surface area contributed by atoms with E-state index < -0.39 is 0 Å². The van der Waals surface area contributed by atoms with Gasteiger partial charge >= 0.3 is 6.03 Å². The average molecular weight is 370 g/mol. The molecular weight excluding hydrogens is 340 g/mol. The third-order valence-electron chi connectivity index (χ3n) is 5.33. The Kier molecular flexibility index (Phi) is 6.87. The van der Waals surface area contributed by atoms with Crippen molar-refractivity contribution < 1.29 is 9.59 Å². The van der Waals surface area contributed by atoms with Gasteiger partial charge in [-0.1, -0.05) is 42.5 Å². The van der Waals surface area contributed by atoms with Gasteiger partial charge in [0.15, 0.2) is 0 Å². The zero-order chi connectivity index (χ0) is 19.1. The highest BCUT2D eigenvalue weighted by atomic mass is 16.2. The van der Waals surface area contributed by atoms with Crippen molar-refractivity contribution >= 4 is 18.0 Å². The number of piperazine rings is 1. The van der Waals surface area contributed by atoms with Gasteiger partial charge in [0.2, 0.25) is 5.91 Å². The van der Waals surface area contributed by atoms with Gasteiger partial charge in [-0.3, -0.25) is 9.69 Å². The van der Waals surface area contributed by atoms with E-state index in [1.165, 1.54) is 5.56 Å². The van der Waals surface area contributed by atoms with E-state index in [1.807, 2.05) is 28.0 Å². The summed E-state index contributed by atoms with van der Waals surface area (Å²) < 4.78 is 0. The van der Waals surface area contributed by atoms with Crippen LogP contribution in [0.25, 0.3) is 6.08 Å². The molecule has 1 aromatic rings. The van der Waals surface area contributed by atoms with Crippen LogP contribution in [-0.2, 0) is 4.79 Å². The maximum Gasteiger partial charge on any atom is 0.317 e. The van der Waals surface area contributed by atoms with Crippen molar-refractivity contribution in [2.45, 2.75) is 25.8 Å². The number of hydrogen-bond donors (Lipinski definition) is 1. The molecule has 1 atom stereocenters. The SMILES string of the molecule is CC(=O)N1CCCC(NC(=O)N2CCN(C/C=C/c3ccccc3)CC2)C1. The standard InChI is InChI=1S/C21H30N4O2/c1-18(26)25-12-6-10-20(17-25)22-21(27)24-15-13-23(14-16-24)11-5-9-19-7-3-2-4-8-19/h2-5,7-9,20H,6,10-17H2,1H3,(H,22,27)/b9-5+. The van der Waals surface area contributed by atoms with E-state index >= 15 is 0 Å². The van der Waals surface area contributed by atoms with Crippen LogP contribution in [-0.4, -0.2) is 78.5 Å². The molecule has 27 heavy (non-hydrogen) atoms. The van der Waals surface area contributed by atoms with Crippen molar-refractivity contribution in [3.8, 4) is 0 Å². The van der Waals surface area contributed by atoms with Crippen molar-refractivity contribution in [2.24, 2.45) is 0 Å². The number of nitrogens with zero attached hydrogens (tertiary/aromatic N) is 3. The number of urea groups is 1. The fourth-order valence-corrected chi connectivity index (χ4v) is 3.68. The lowest BCUT2D eigenvalue weighted by Gasteiger charge is -2.37. The fraction of sp³-hybridized carbons (Fsp3) is 0.524. The third kappa shape index (κ3) is 5.82. The monoisotopic (exact) mass is 370 g/mol. The molecule has 2 heterocycles. The van der Waals surface area contributed by atoms with E-state index in [9.17, 15) is 9.59 Å². The van der Waals surface area contributed by atoms with Crippen molar-refractivity contribution in [3.63, 3.8) is 0 Å². The summed E-state index contributed by atoms with van der Waals surface area (Å²) in [5.74, 6) is 0.0890. The molecule has 6 heteroatoms. The molecule has 0 saturated carbocycles. The maximum absolute atomic E-state index is 12.5. The lowest BCUT2D eigenvalue weighted by Crippen LogP contribution is -2.56. The van der Waals surface area contributed by atoms with Gasteiger partial charge in [0.05, 0.1) is 0 Å². The van der Waals surface area contributed by atoms with Gasteiger partial charge in [-0.25, -0.2) is 4.79 Å². The van der Waals surface area contributed by atoms with Crippen LogP contribution in [0, 0.1) is 0 Å². The molecule has 0 aromatic heterocycles. The molecule has 0 radical (unpaired) electrons.